The molecule has 12 heteroatoms. The number of hydrogen-bond donors (Lipinski definition) is 3. The van der Waals surface area contributed by atoms with Crippen LogP contribution in [0, 0.1) is 21.4 Å². The van der Waals surface area contributed by atoms with E-state index in [1.807, 2.05) is 17.5 Å². The largest absolute Gasteiger partial charge is 0.495 e. The van der Waals surface area contributed by atoms with Gasteiger partial charge in [0.1, 0.15) is 5.75 Å². The summed E-state index contributed by atoms with van der Waals surface area (Å²) in [5.41, 5.74) is 2.10. The number of ether oxygens (including phenoxy) is 1. The lowest BCUT2D eigenvalue weighted by atomic mass is 9.86. The summed E-state index contributed by atoms with van der Waals surface area (Å²) >= 11 is 2.57. The lowest BCUT2D eigenvalue weighted by Crippen LogP contribution is -2.31. The Balaban J connectivity index is 1.56. The summed E-state index contributed by atoms with van der Waals surface area (Å²) < 4.78 is 5.35. The third kappa shape index (κ3) is 6.28. The van der Waals surface area contributed by atoms with E-state index in [-0.39, 0.29) is 23.3 Å². The number of carbonyl (C=O) groups is 2. The van der Waals surface area contributed by atoms with Crippen molar-refractivity contribution in [1.29, 1.82) is 5.26 Å². The zero-order chi connectivity index (χ0) is 27.9. The molecule has 0 fully saturated rings. The highest BCUT2D eigenvalue weighted by molar-refractivity contribution is 8.03. The molecule has 2 heterocycles. The molecule has 4 rings (SSSR count). The van der Waals surface area contributed by atoms with Gasteiger partial charge in [-0.15, -0.1) is 11.3 Å². The number of methoxy groups -OCH3 is 1. The molecule has 0 spiro atoms. The first-order valence-corrected chi connectivity index (χ1v) is 13.5. The van der Waals surface area contributed by atoms with Gasteiger partial charge in [-0.2, -0.15) is 5.26 Å². The van der Waals surface area contributed by atoms with Crippen LogP contribution in [0.3, 0.4) is 0 Å². The Kier molecular flexibility index (Phi) is 8.65. The molecule has 3 aromatic rings. The number of rotatable bonds is 9. The lowest BCUT2D eigenvalue weighted by molar-refractivity contribution is -0.384. The standard InChI is InChI=1S/C27H23N5O5S2/c1-16-24(26(34)31-20-6-3-4-7-21(20)37-2)25(22-8-5-13-38-22)19(14-28)27(29-16)39-15-23(33)30-17-9-11-18(12-10-17)32(35)36/h3-13,25,29H,15H2,1-2H3,(H,30,33)(H,31,34)/t25-/m0/s1. The number of carbonyl (C=O) groups excluding carboxylic acids is 2. The number of nitro benzene ring substituents is 1. The van der Waals surface area contributed by atoms with Crippen molar-refractivity contribution in [3.8, 4) is 11.8 Å². The molecule has 0 radical (unpaired) electrons. The van der Waals surface area contributed by atoms with Crippen LogP contribution in [0.25, 0.3) is 0 Å². The SMILES string of the molecule is COc1ccccc1NC(=O)C1=C(C)NC(SCC(=O)Nc2ccc([N+](=O)[O-])cc2)=C(C#N)[C@H]1c1cccs1. The first kappa shape index (κ1) is 27.4. The summed E-state index contributed by atoms with van der Waals surface area (Å²) in [5, 5.41) is 32.1. The van der Waals surface area contributed by atoms with Gasteiger partial charge in [0.25, 0.3) is 11.6 Å². The number of non-ortho nitro benzene ring substituents is 1. The molecule has 1 aliphatic rings. The first-order valence-electron chi connectivity index (χ1n) is 11.6. The molecule has 198 valence electrons. The van der Waals surface area contributed by atoms with E-state index in [9.17, 15) is 25.0 Å². The number of nitriles is 1. The van der Waals surface area contributed by atoms with E-state index in [4.69, 9.17) is 4.74 Å². The van der Waals surface area contributed by atoms with Crippen LogP contribution in [0.2, 0.25) is 0 Å². The Hall–Kier alpha value is -4.60. The van der Waals surface area contributed by atoms with Crippen molar-refractivity contribution >= 4 is 52.0 Å². The minimum absolute atomic E-state index is 0.0301. The summed E-state index contributed by atoms with van der Waals surface area (Å²) in [4.78, 5) is 37.3. The Morgan fingerprint density at radius 1 is 1.15 bits per heavy atom. The fourth-order valence-electron chi connectivity index (χ4n) is 4.01. The maximum Gasteiger partial charge on any atom is 0.269 e. The molecule has 39 heavy (non-hydrogen) atoms. The second-order valence-corrected chi connectivity index (χ2v) is 10.2. The summed E-state index contributed by atoms with van der Waals surface area (Å²) in [6.07, 6.45) is 0. The monoisotopic (exact) mass is 561 g/mol. The van der Waals surface area contributed by atoms with E-state index >= 15 is 0 Å². The Morgan fingerprint density at radius 2 is 1.90 bits per heavy atom. The maximum atomic E-state index is 13.6. The molecule has 2 amide bonds. The van der Waals surface area contributed by atoms with Crippen molar-refractivity contribution in [2.75, 3.05) is 23.5 Å². The molecule has 0 bridgehead atoms. The van der Waals surface area contributed by atoms with Crippen molar-refractivity contribution < 1.29 is 19.2 Å². The third-order valence-corrected chi connectivity index (χ3v) is 7.74. The van der Waals surface area contributed by atoms with Crippen LogP contribution in [0.4, 0.5) is 17.1 Å². The molecule has 1 aliphatic heterocycles. The van der Waals surface area contributed by atoms with Gasteiger partial charge in [-0.25, -0.2) is 0 Å². The smallest absolute Gasteiger partial charge is 0.269 e. The van der Waals surface area contributed by atoms with Gasteiger partial charge in [-0.05, 0) is 42.6 Å². The van der Waals surface area contributed by atoms with E-state index in [1.54, 1.807) is 31.2 Å². The maximum absolute atomic E-state index is 13.6. The number of para-hydroxylation sites is 2. The van der Waals surface area contributed by atoms with Gasteiger partial charge in [-0.1, -0.05) is 30.0 Å². The first-order chi connectivity index (χ1) is 18.8. The van der Waals surface area contributed by atoms with Crippen LogP contribution >= 0.6 is 23.1 Å². The van der Waals surface area contributed by atoms with Gasteiger partial charge in [-0.3, -0.25) is 19.7 Å². The van der Waals surface area contributed by atoms with Gasteiger partial charge >= 0.3 is 0 Å². The minimum atomic E-state index is -0.633. The number of nitro groups is 1. The predicted octanol–water partition coefficient (Wildman–Crippen LogP) is 5.37. The molecule has 10 nitrogen and oxygen atoms in total. The van der Waals surface area contributed by atoms with Crippen molar-refractivity contribution in [1.82, 2.24) is 5.32 Å². The second-order valence-electron chi connectivity index (χ2n) is 8.26. The van der Waals surface area contributed by atoms with Crippen LogP contribution in [-0.2, 0) is 9.59 Å². The number of thioether (sulfide) groups is 1. The number of benzene rings is 2. The van der Waals surface area contributed by atoms with Crippen LogP contribution in [-0.4, -0.2) is 29.6 Å². The van der Waals surface area contributed by atoms with Crippen molar-refractivity contribution in [3.05, 3.63) is 103 Å². The molecule has 1 atom stereocenters. The zero-order valence-electron chi connectivity index (χ0n) is 20.9. The number of nitrogens with one attached hydrogen (secondary N) is 3. The molecule has 0 aliphatic carbocycles. The van der Waals surface area contributed by atoms with Gasteiger partial charge in [0, 0.05) is 34.0 Å². The number of hydrogen-bond acceptors (Lipinski definition) is 9. The highest BCUT2D eigenvalue weighted by Crippen LogP contribution is 2.42. The summed E-state index contributed by atoms with van der Waals surface area (Å²) in [6, 6.07) is 18.5. The molecule has 0 saturated carbocycles. The lowest BCUT2D eigenvalue weighted by Gasteiger charge is -2.29. The van der Waals surface area contributed by atoms with Crippen LogP contribution in [0.5, 0.6) is 5.75 Å². The van der Waals surface area contributed by atoms with Gasteiger partial charge in [0.15, 0.2) is 0 Å². The number of thiophene rings is 1. The topological polar surface area (TPSA) is 146 Å². The fourth-order valence-corrected chi connectivity index (χ4v) is 5.74. The number of nitrogens with zero attached hydrogens (tertiary/aromatic N) is 2. The van der Waals surface area contributed by atoms with Crippen LogP contribution in [0.1, 0.15) is 17.7 Å². The molecule has 0 saturated heterocycles. The average Bonchev–Trinajstić information content (AvgIpc) is 3.46. The third-order valence-electron chi connectivity index (χ3n) is 5.78. The molecule has 2 aromatic carbocycles. The summed E-state index contributed by atoms with van der Waals surface area (Å²) in [5.74, 6) is -0.888. The van der Waals surface area contributed by atoms with Crippen molar-refractivity contribution in [3.63, 3.8) is 0 Å². The quantitative estimate of drug-likeness (QED) is 0.233. The van der Waals surface area contributed by atoms with Gasteiger partial charge in [0.05, 0.1) is 46.1 Å². The Labute approximate surface area is 232 Å². The Morgan fingerprint density at radius 3 is 2.54 bits per heavy atom. The van der Waals surface area contributed by atoms with E-state index in [0.717, 1.165) is 16.6 Å². The van der Waals surface area contributed by atoms with E-state index in [0.29, 0.717) is 39.0 Å². The zero-order valence-corrected chi connectivity index (χ0v) is 22.5. The minimum Gasteiger partial charge on any atom is -0.495 e. The van der Waals surface area contributed by atoms with Crippen molar-refractivity contribution in [2.45, 2.75) is 12.8 Å². The summed E-state index contributed by atoms with van der Waals surface area (Å²) in [7, 11) is 1.52. The molecule has 0 unspecified atom stereocenters. The van der Waals surface area contributed by atoms with Gasteiger partial charge < -0.3 is 20.7 Å². The number of amides is 2. The second kappa shape index (κ2) is 12.3. The highest BCUT2D eigenvalue weighted by Gasteiger charge is 2.35. The molecular formula is C27H23N5O5S2. The average molecular weight is 562 g/mol. The molecular weight excluding hydrogens is 538 g/mol. The summed E-state index contributed by atoms with van der Waals surface area (Å²) in [6.45, 7) is 1.75. The highest BCUT2D eigenvalue weighted by atomic mass is 32.2. The van der Waals surface area contributed by atoms with Crippen LogP contribution in [0.15, 0.2) is 87.9 Å². The van der Waals surface area contributed by atoms with Gasteiger partial charge in [0.2, 0.25) is 5.91 Å². The molecule has 3 N–H and O–H groups in total. The normalized spacial score (nSPS) is 14.7. The number of allylic oxidation sites excluding steroid dienone is 2. The Bertz CT molecular complexity index is 1510. The van der Waals surface area contributed by atoms with E-state index in [1.165, 1.54) is 42.7 Å². The predicted molar refractivity (Wildman–Crippen MR) is 151 cm³/mol. The van der Waals surface area contributed by atoms with Crippen LogP contribution < -0.4 is 20.7 Å². The van der Waals surface area contributed by atoms with E-state index in [2.05, 4.69) is 22.0 Å². The van der Waals surface area contributed by atoms with E-state index < -0.39 is 10.8 Å². The van der Waals surface area contributed by atoms with Crippen molar-refractivity contribution in [2.24, 2.45) is 0 Å². The molecule has 1 aromatic heterocycles. The fraction of sp³-hybridized carbons (Fsp3) is 0.148. The number of anilines is 2. The number of dihydropyridines is 1.